The third-order valence-electron chi connectivity index (χ3n) is 2.10. The fourth-order valence-corrected chi connectivity index (χ4v) is 1.45. The molecule has 0 aromatic carbocycles. The Morgan fingerprint density at radius 1 is 1.55 bits per heavy atom. The SMILES string of the molecule is CC(C)NCC1COC(C)C1. The van der Waals surface area contributed by atoms with Crippen LogP contribution in [0.25, 0.3) is 0 Å². The lowest BCUT2D eigenvalue weighted by molar-refractivity contribution is 0.120. The van der Waals surface area contributed by atoms with E-state index in [1.807, 2.05) is 0 Å². The van der Waals surface area contributed by atoms with Gasteiger partial charge in [0.05, 0.1) is 12.7 Å². The van der Waals surface area contributed by atoms with Crippen LogP contribution in [-0.4, -0.2) is 25.3 Å². The molecule has 0 amide bonds. The van der Waals surface area contributed by atoms with Gasteiger partial charge in [-0.05, 0) is 19.3 Å². The van der Waals surface area contributed by atoms with E-state index in [1.165, 1.54) is 6.42 Å². The lowest BCUT2D eigenvalue weighted by Gasteiger charge is -2.11. The summed E-state index contributed by atoms with van der Waals surface area (Å²) < 4.78 is 5.46. The number of nitrogens with one attached hydrogen (secondary N) is 1. The zero-order valence-corrected chi connectivity index (χ0v) is 7.76. The molecule has 11 heavy (non-hydrogen) atoms. The van der Waals surface area contributed by atoms with Crippen LogP contribution in [0.5, 0.6) is 0 Å². The average Bonchev–Trinajstić information content (AvgIpc) is 2.31. The summed E-state index contributed by atoms with van der Waals surface area (Å²) in [4.78, 5) is 0. The third kappa shape index (κ3) is 3.21. The van der Waals surface area contributed by atoms with Crippen LogP contribution in [0, 0.1) is 5.92 Å². The van der Waals surface area contributed by atoms with Gasteiger partial charge >= 0.3 is 0 Å². The summed E-state index contributed by atoms with van der Waals surface area (Å²) in [5.74, 6) is 0.743. The first-order valence-corrected chi connectivity index (χ1v) is 4.53. The van der Waals surface area contributed by atoms with Crippen LogP contribution in [0.2, 0.25) is 0 Å². The lowest BCUT2D eigenvalue weighted by Crippen LogP contribution is -2.29. The van der Waals surface area contributed by atoms with Gasteiger partial charge in [0.15, 0.2) is 0 Å². The van der Waals surface area contributed by atoms with Gasteiger partial charge in [-0.25, -0.2) is 0 Å². The van der Waals surface area contributed by atoms with Crippen molar-refractivity contribution in [3.63, 3.8) is 0 Å². The van der Waals surface area contributed by atoms with E-state index in [9.17, 15) is 0 Å². The van der Waals surface area contributed by atoms with E-state index in [1.54, 1.807) is 0 Å². The van der Waals surface area contributed by atoms with E-state index in [4.69, 9.17) is 4.74 Å². The second-order valence-electron chi connectivity index (χ2n) is 3.81. The molecule has 0 aromatic rings. The molecule has 66 valence electrons. The highest BCUT2D eigenvalue weighted by Crippen LogP contribution is 2.17. The fraction of sp³-hybridized carbons (Fsp3) is 1.00. The summed E-state index contributed by atoms with van der Waals surface area (Å²) in [5.41, 5.74) is 0. The predicted octanol–water partition coefficient (Wildman–Crippen LogP) is 1.41. The maximum absolute atomic E-state index is 5.46. The van der Waals surface area contributed by atoms with Gasteiger partial charge in [-0.15, -0.1) is 0 Å². The second kappa shape index (κ2) is 4.07. The normalized spacial score (nSPS) is 31.6. The maximum Gasteiger partial charge on any atom is 0.0551 e. The third-order valence-corrected chi connectivity index (χ3v) is 2.10. The highest BCUT2D eigenvalue weighted by Gasteiger charge is 2.21. The molecule has 1 N–H and O–H groups in total. The van der Waals surface area contributed by atoms with E-state index in [-0.39, 0.29) is 0 Å². The second-order valence-corrected chi connectivity index (χ2v) is 3.81. The summed E-state index contributed by atoms with van der Waals surface area (Å²) in [7, 11) is 0. The van der Waals surface area contributed by atoms with Crippen molar-refractivity contribution in [1.82, 2.24) is 5.32 Å². The molecule has 0 aromatic heterocycles. The van der Waals surface area contributed by atoms with E-state index in [0.29, 0.717) is 12.1 Å². The maximum atomic E-state index is 5.46. The van der Waals surface area contributed by atoms with Gasteiger partial charge < -0.3 is 10.1 Å². The number of hydrogen-bond acceptors (Lipinski definition) is 2. The quantitative estimate of drug-likeness (QED) is 0.669. The Labute approximate surface area is 69.3 Å². The molecule has 0 spiro atoms. The predicted molar refractivity (Wildman–Crippen MR) is 46.7 cm³/mol. The van der Waals surface area contributed by atoms with Crippen LogP contribution in [-0.2, 0) is 4.74 Å². The molecule has 1 heterocycles. The first-order valence-electron chi connectivity index (χ1n) is 4.53. The molecule has 1 rings (SSSR count). The van der Waals surface area contributed by atoms with Crippen LogP contribution in [0.1, 0.15) is 27.2 Å². The van der Waals surface area contributed by atoms with E-state index in [2.05, 4.69) is 26.1 Å². The molecule has 0 radical (unpaired) electrons. The first kappa shape index (κ1) is 9.01. The van der Waals surface area contributed by atoms with Crippen molar-refractivity contribution in [1.29, 1.82) is 0 Å². The molecule has 2 atom stereocenters. The average molecular weight is 157 g/mol. The summed E-state index contributed by atoms with van der Waals surface area (Å²) in [6.45, 7) is 8.57. The largest absolute Gasteiger partial charge is 0.378 e. The molecule has 0 aliphatic carbocycles. The zero-order chi connectivity index (χ0) is 8.27. The molecule has 2 heteroatoms. The smallest absolute Gasteiger partial charge is 0.0551 e. The van der Waals surface area contributed by atoms with Gasteiger partial charge in [-0.3, -0.25) is 0 Å². The minimum absolute atomic E-state index is 0.481. The van der Waals surface area contributed by atoms with Crippen molar-refractivity contribution < 1.29 is 4.74 Å². The Kier molecular flexibility index (Phi) is 3.34. The minimum Gasteiger partial charge on any atom is -0.378 e. The lowest BCUT2D eigenvalue weighted by atomic mass is 10.1. The summed E-state index contributed by atoms with van der Waals surface area (Å²) in [6, 6.07) is 0.603. The molecule has 0 saturated carbocycles. The van der Waals surface area contributed by atoms with Crippen molar-refractivity contribution in [2.45, 2.75) is 39.3 Å². The topological polar surface area (TPSA) is 21.3 Å². The van der Waals surface area contributed by atoms with Crippen LogP contribution >= 0.6 is 0 Å². The summed E-state index contributed by atoms with van der Waals surface area (Å²) in [6.07, 6.45) is 1.70. The number of hydrogen-bond donors (Lipinski definition) is 1. The molecule has 1 fully saturated rings. The van der Waals surface area contributed by atoms with E-state index < -0.39 is 0 Å². The Morgan fingerprint density at radius 3 is 2.73 bits per heavy atom. The molecule has 2 unspecified atom stereocenters. The Morgan fingerprint density at radius 2 is 2.27 bits per heavy atom. The monoisotopic (exact) mass is 157 g/mol. The highest BCUT2D eigenvalue weighted by molar-refractivity contribution is 4.72. The van der Waals surface area contributed by atoms with Crippen LogP contribution < -0.4 is 5.32 Å². The molecule has 1 saturated heterocycles. The summed E-state index contributed by atoms with van der Waals surface area (Å²) in [5, 5.41) is 3.43. The fourth-order valence-electron chi connectivity index (χ4n) is 1.45. The van der Waals surface area contributed by atoms with Gasteiger partial charge in [-0.1, -0.05) is 13.8 Å². The van der Waals surface area contributed by atoms with Gasteiger partial charge in [0.25, 0.3) is 0 Å². The van der Waals surface area contributed by atoms with Crippen molar-refractivity contribution in [2.75, 3.05) is 13.2 Å². The Balaban J connectivity index is 2.08. The molecule has 1 aliphatic heterocycles. The number of ether oxygens (including phenoxy) is 1. The van der Waals surface area contributed by atoms with Crippen molar-refractivity contribution >= 4 is 0 Å². The molecule has 0 bridgehead atoms. The van der Waals surface area contributed by atoms with Gasteiger partial charge in [-0.2, -0.15) is 0 Å². The first-order chi connectivity index (χ1) is 5.18. The zero-order valence-electron chi connectivity index (χ0n) is 7.76. The van der Waals surface area contributed by atoms with Gasteiger partial charge in [0.1, 0.15) is 0 Å². The molecular weight excluding hydrogens is 138 g/mol. The van der Waals surface area contributed by atoms with E-state index in [0.717, 1.165) is 19.1 Å². The van der Waals surface area contributed by atoms with E-state index >= 15 is 0 Å². The van der Waals surface area contributed by atoms with Crippen LogP contribution in [0.15, 0.2) is 0 Å². The van der Waals surface area contributed by atoms with Crippen LogP contribution in [0.4, 0.5) is 0 Å². The van der Waals surface area contributed by atoms with Crippen molar-refractivity contribution in [3.8, 4) is 0 Å². The number of rotatable bonds is 3. The Bertz CT molecular complexity index is 114. The Hall–Kier alpha value is -0.0800. The van der Waals surface area contributed by atoms with Crippen molar-refractivity contribution in [2.24, 2.45) is 5.92 Å². The standard InChI is InChI=1S/C9H19NO/c1-7(2)10-5-9-4-8(3)11-6-9/h7-10H,4-6H2,1-3H3. The summed E-state index contributed by atoms with van der Waals surface area (Å²) >= 11 is 0. The van der Waals surface area contributed by atoms with Crippen LogP contribution in [0.3, 0.4) is 0 Å². The van der Waals surface area contributed by atoms with Gasteiger partial charge in [0, 0.05) is 12.6 Å². The molecule has 1 aliphatic rings. The molecule has 2 nitrogen and oxygen atoms in total. The molecular formula is C9H19NO. The highest BCUT2D eigenvalue weighted by atomic mass is 16.5. The van der Waals surface area contributed by atoms with Crippen molar-refractivity contribution in [3.05, 3.63) is 0 Å². The minimum atomic E-state index is 0.481. The van der Waals surface area contributed by atoms with Gasteiger partial charge in [0.2, 0.25) is 0 Å².